The third kappa shape index (κ3) is 3.41. The quantitative estimate of drug-likeness (QED) is 0.895. The topological polar surface area (TPSA) is 86.8 Å². The minimum Gasteiger partial charge on any atom is -0.471 e. The van der Waals surface area contributed by atoms with Crippen LogP contribution < -0.4 is 10.5 Å². The SMILES string of the molecule is CC(N)c1nccnc1-c1ccc(OCC(F)F)nn1. The largest absolute Gasteiger partial charge is 0.471 e. The molecule has 0 saturated heterocycles. The molecule has 106 valence electrons. The Balaban J connectivity index is 2.22. The maximum Gasteiger partial charge on any atom is 0.272 e. The average Bonchev–Trinajstić information content (AvgIpc) is 2.45. The number of nitrogens with zero attached hydrogens (tertiary/aromatic N) is 4. The molecule has 2 aromatic rings. The highest BCUT2D eigenvalue weighted by Gasteiger charge is 2.13. The van der Waals surface area contributed by atoms with Crippen LogP contribution in [0.2, 0.25) is 0 Å². The minimum atomic E-state index is -2.55. The van der Waals surface area contributed by atoms with E-state index >= 15 is 0 Å². The highest BCUT2D eigenvalue weighted by atomic mass is 19.3. The van der Waals surface area contributed by atoms with Crippen molar-refractivity contribution in [2.75, 3.05) is 6.61 Å². The van der Waals surface area contributed by atoms with E-state index in [1.54, 1.807) is 13.0 Å². The summed E-state index contributed by atoms with van der Waals surface area (Å²) in [5.41, 5.74) is 7.35. The molecule has 0 radical (unpaired) electrons. The molecule has 0 bridgehead atoms. The molecule has 2 aromatic heterocycles. The van der Waals surface area contributed by atoms with Crippen LogP contribution in [-0.4, -0.2) is 33.2 Å². The normalized spacial score (nSPS) is 12.4. The Bertz CT molecular complexity index is 562. The Morgan fingerprint density at radius 2 is 1.95 bits per heavy atom. The van der Waals surface area contributed by atoms with E-state index in [0.717, 1.165) is 0 Å². The molecular formula is C12H13F2N5O. The van der Waals surface area contributed by atoms with E-state index in [2.05, 4.69) is 20.2 Å². The van der Waals surface area contributed by atoms with Crippen LogP contribution >= 0.6 is 0 Å². The molecule has 2 heterocycles. The first-order chi connectivity index (χ1) is 9.58. The monoisotopic (exact) mass is 281 g/mol. The van der Waals surface area contributed by atoms with E-state index in [-0.39, 0.29) is 11.9 Å². The lowest BCUT2D eigenvalue weighted by atomic mass is 10.1. The molecule has 6 nitrogen and oxygen atoms in total. The van der Waals surface area contributed by atoms with Crippen molar-refractivity contribution in [2.45, 2.75) is 19.4 Å². The van der Waals surface area contributed by atoms with Gasteiger partial charge in [0.2, 0.25) is 5.88 Å². The van der Waals surface area contributed by atoms with Crippen molar-refractivity contribution in [3.8, 4) is 17.3 Å². The third-order valence-electron chi connectivity index (χ3n) is 2.40. The smallest absolute Gasteiger partial charge is 0.272 e. The van der Waals surface area contributed by atoms with E-state index in [1.165, 1.54) is 18.5 Å². The van der Waals surface area contributed by atoms with Crippen LogP contribution in [0.25, 0.3) is 11.4 Å². The molecule has 0 spiro atoms. The highest BCUT2D eigenvalue weighted by molar-refractivity contribution is 5.56. The summed E-state index contributed by atoms with van der Waals surface area (Å²) in [7, 11) is 0. The Morgan fingerprint density at radius 3 is 2.55 bits per heavy atom. The molecule has 1 atom stereocenters. The summed E-state index contributed by atoms with van der Waals surface area (Å²) in [6.07, 6.45) is 0.501. The van der Waals surface area contributed by atoms with Gasteiger partial charge in [-0.05, 0) is 13.0 Å². The molecule has 0 amide bonds. The molecule has 1 unspecified atom stereocenters. The second-order valence-corrected chi connectivity index (χ2v) is 4.04. The zero-order chi connectivity index (χ0) is 14.5. The predicted molar refractivity (Wildman–Crippen MR) is 67.2 cm³/mol. The van der Waals surface area contributed by atoms with E-state index in [4.69, 9.17) is 10.5 Å². The molecule has 2 rings (SSSR count). The number of ether oxygens (including phenoxy) is 1. The van der Waals surface area contributed by atoms with Crippen LogP contribution in [0.1, 0.15) is 18.7 Å². The molecule has 0 aliphatic carbocycles. The second kappa shape index (κ2) is 6.29. The van der Waals surface area contributed by atoms with Crippen LogP contribution in [0, 0.1) is 0 Å². The third-order valence-corrected chi connectivity index (χ3v) is 2.40. The lowest BCUT2D eigenvalue weighted by molar-refractivity contribution is 0.0791. The van der Waals surface area contributed by atoms with Gasteiger partial charge in [-0.15, -0.1) is 10.2 Å². The van der Waals surface area contributed by atoms with Gasteiger partial charge in [-0.25, -0.2) is 8.78 Å². The fraction of sp³-hybridized carbons (Fsp3) is 0.333. The number of aromatic nitrogens is 4. The number of rotatable bonds is 5. The maximum absolute atomic E-state index is 12.0. The van der Waals surface area contributed by atoms with Gasteiger partial charge in [0.1, 0.15) is 11.4 Å². The molecule has 0 aliphatic rings. The first kappa shape index (κ1) is 14.2. The summed E-state index contributed by atoms with van der Waals surface area (Å²) in [6, 6.07) is 2.71. The van der Waals surface area contributed by atoms with Gasteiger partial charge in [0.15, 0.2) is 6.61 Å². The summed E-state index contributed by atoms with van der Waals surface area (Å²) in [4.78, 5) is 8.32. The Kier molecular flexibility index (Phi) is 4.46. The summed E-state index contributed by atoms with van der Waals surface area (Å²) in [6.45, 7) is 1.06. The van der Waals surface area contributed by atoms with E-state index in [0.29, 0.717) is 17.1 Å². The van der Waals surface area contributed by atoms with Crippen molar-refractivity contribution in [2.24, 2.45) is 5.73 Å². The highest BCUT2D eigenvalue weighted by Crippen LogP contribution is 2.21. The van der Waals surface area contributed by atoms with Crippen LogP contribution in [0.4, 0.5) is 8.78 Å². The fourth-order valence-electron chi connectivity index (χ4n) is 1.55. The van der Waals surface area contributed by atoms with Gasteiger partial charge in [0.25, 0.3) is 6.43 Å². The van der Waals surface area contributed by atoms with E-state index in [9.17, 15) is 8.78 Å². The second-order valence-electron chi connectivity index (χ2n) is 4.04. The zero-order valence-corrected chi connectivity index (χ0v) is 10.7. The van der Waals surface area contributed by atoms with Crippen molar-refractivity contribution in [3.63, 3.8) is 0 Å². The lowest BCUT2D eigenvalue weighted by Crippen LogP contribution is -2.11. The molecular weight excluding hydrogens is 268 g/mol. The number of alkyl halides is 2. The van der Waals surface area contributed by atoms with Gasteiger partial charge in [-0.1, -0.05) is 0 Å². The van der Waals surface area contributed by atoms with Gasteiger partial charge >= 0.3 is 0 Å². The number of hydrogen-bond acceptors (Lipinski definition) is 6. The fourth-order valence-corrected chi connectivity index (χ4v) is 1.55. The summed E-state index contributed by atoms with van der Waals surface area (Å²) in [5, 5.41) is 7.61. The zero-order valence-electron chi connectivity index (χ0n) is 10.7. The summed E-state index contributed by atoms with van der Waals surface area (Å²) < 4.78 is 28.8. The van der Waals surface area contributed by atoms with E-state index < -0.39 is 13.0 Å². The van der Waals surface area contributed by atoms with Gasteiger partial charge in [-0.3, -0.25) is 9.97 Å². The Labute approximate surface area is 114 Å². The van der Waals surface area contributed by atoms with Gasteiger partial charge in [0, 0.05) is 24.5 Å². The van der Waals surface area contributed by atoms with Gasteiger partial charge in [-0.2, -0.15) is 0 Å². The molecule has 0 fully saturated rings. The molecule has 2 N–H and O–H groups in total. The van der Waals surface area contributed by atoms with Crippen molar-refractivity contribution >= 4 is 0 Å². The Morgan fingerprint density at radius 1 is 1.20 bits per heavy atom. The number of nitrogens with two attached hydrogens (primary N) is 1. The van der Waals surface area contributed by atoms with E-state index in [1.807, 2.05) is 0 Å². The number of halogens is 2. The van der Waals surface area contributed by atoms with Gasteiger partial charge in [0.05, 0.1) is 5.69 Å². The number of hydrogen-bond donors (Lipinski definition) is 1. The van der Waals surface area contributed by atoms with Crippen LogP contribution in [0.5, 0.6) is 5.88 Å². The molecule has 8 heteroatoms. The average molecular weight is 281 g/mol. The lowest BCUT2D eigenvalue weighted by Gasteiger charge is -2.09. The first-order valence-corrected chi connectivity index (χ1v) is 5.89. The summed E-state index contributed by atoms with van der Waals surface area (Å²) in [5.74, 6) is 0.0280. The van der Waals surface area contributed by atoms with Crippen molar-refractivity contribution in [1.29, 1.82) is 0 Å². The minimum absolute atomic E-state index is 0.0280. The van der Waals surface area contributed by atoms with Crippen molar-refractivity contribution in [3.05, 3.63) is 30.2 Å². The van der Waals surface area contributed by atoms with Crippen LogP contribution in [-0.2, 0) is 0 Å². The Hall–Kier alpha value is -2.22. The summed E-state index contributed by atoms with van der Waals surface area (Å²) >= 11 is 0. The van der Waals surface area contributed by atoms with Crippen LogP contribution in [0.3, 0.4) is 0 Å². The predicted octanol–water partition coefficient (Wildman–Crippen LogP) is 1.60. The molecule has 20 heavy (non-hydrogen) atoms. The first-order valence-electron chi connectivity index (χ1n) is 5.89. The van der Waals surface area contributed by atoms with Crippen LogP contribution in [0.15, 0.2) is 24.5 Å². The van der Waals surface area contributed by atoms with Crippen molar-refractivity contribution < 1.29 is 13.5 Å². The maximum atomic E-state index is 12.0. The molecule has 0 saturated carbocycles. The molecule has 0 aliphatic heterocycles. The molecule has 0 aromatic carbocycles. The van der Waals surface area contributed by atoms with Gasteiger partial charge < -0.3 is 10.5 Å². The standard InChI is InChI=1S/C12H13F2N5O/c1-7(15)11-12(17-5-4-16-11)8-2-3-10(19-18-8)20-6-9(13)14/h2-5,7,9H,6,15H2,1H3. The van der Waals surface area contributed by atoms with Crippen molar-refractivity contribution in [1.82, 2.24) is 20.2 Å².